The average Bonchev–Trinajstić information content (AvgIpc) is 3.69. The van der Waals surface area contributed by atoms with E-state index in [9.17, 15) is 27.6 Å². The van der Waals surface area contributed by atoms with Gasteiger partial charge in [0.15, 0.2) is 11.2 Å². The number of aromatic nitrogens is 7. The van der Waals surface area contributed by atoms with Gasteiger partial charge in [-0.25, -0.2) is 29.3 Å². The smallest absolute Gasteiger partial charge is 0.329 e. The number of nitrogens with one attached hydrogen (secondary N) is 1. The Bertz CT molecular complexity index is 1750. The summed E-state index contributed by atoms with van der Waals surface area (Å²) < 4.78 is 43.1. The molecule has 1 N–H and O–H groups in total. The molecule has 0 aliphatic carbocycles. The lowest BCUT2D eigenvalue weighted by Gasteiger charge is -2.26. The molecule has 4 aromatic heterocycles. The van der Waals surface area contributed by atoms with Crippen LogP contribution >= 0.6 is 11.3 Å². The molecule has 0 aromatic carbocycles. The lowest BCUT2D eigenvalue weighted by Crippen LogP contribution is -2.42. The first kappa shape index (κ1) is 27.0. The van der Waals surface area contributed by atoms with Crippen LogP contribution in [0.3, 0.4) is 0 Å². The number of thiazole rings is 1. The van der Waals surface area contributed by atoms with E-state index in [2.05, 4.69) is 25.3 Å². The number of hydrogen-bond acceptors (Lipinski definition) is 10. The predicted molar refractivity (Wildman–Crippen MR) is 138 cm³/mol. The third kappa shape index (κ3) is 4.70. The van der Waals surface area contributed by atoms with Crippen molar-refractivity contribution in [3.8, 4) is 16.6 Å². The largest absolute Gasteiger partial charge is 0.408 e. The zero-order valence-corrected chi connectivity index (χ0v) is 21.9. The summed E-state index contributed by atoms with van der Waals surface area (Å²) in [5, 5.41) is 13.7. The number of rotatable bonds is 6. The molecule has 0 radical (unpaired) electrons. The Hall–Kier alpha value is -4.59. The maximum atomic E-state index is 13.3. The van der Waals surface area contributed by atoms with Crippen LogP contribution in [0.25, 0.3) is 21.7 Å². The highest BCUT2D eigenvalue weighted by Gasteiger charge is 2.46. The number of halogens is 3. The standard InChI is InChI=1S/C23H21F3N10O3S/c1-12(36-11-30-17-16(36)20(38)35(7-5-27)22(39)33(17)2)18(37)31-15-10-40-19(32-15)13-8-28-21(29-9-13)34-6-3-4-14(34)23(24,25)26/h8-12,14H,3-4,6-7H2,1-2H3,(H,31,37)/t12-,14?/m0/s1. The Kier molecular flexibility index (Phi) is 6.87. The molecule has 5 heterocycles. The van der Waals surface area contributed by atoms with Crippen molar-refractivity contribution in [3.05, 3.63) is 44.9 Å². The van der Waals surface area contributed by atoms with Gasteiger partial charge in [-0.1, -0.05) is 0 Å². The fourth-order valence-corrected chi connectivity index (χ4v) is 5.27. The molecule has 0 spiro atoms. The third-order valence-electron chi connectivity index (χ3n) is 6.61. The molecule has 17 heteroatoms. The molecule has 1 fully saturated rings. The van der Waals surface area contributed by atoms with Gasteiger partial charge in [0.05, 0.1) is 12.4 Å². The Morgan fingerprint density at radius 1 is 1.27 bits per heavy atom. The number of amides is 1. The molecule has 4 aromatic rings. The molecule has 13 nitrogen and oxygen atoms in total. The summed E-state index contributed by atoms with van der Waals surface area (Å²) in [6.07, 6.45) is 0.0503. The summed E-state index contributed by atoms with van der Waals surface area (Å²) in [5.74, 6) is -0.340. The summed E-state index contributed by atoms with van der Waals surface area (Å²) in [6, 6.07) is -0.789. The SMILES string of the molecule is C[C@@H](C(=O)Nc1csc(-c2cnc(N3CCCC3C(F)(F)F)nc2)n1)n1cnc2c1c(=O)n(CC#N)c(=O)n2C. The second-order valence-corrected chi connectivity index (χ2v) is 9.94. The van der Waals surface area contributed by atoms with Gasteiger partial charge in [0.25, 0.3) is 5.56 Å². The fraction of sp³-hybridized carbons (Fsp3) is 0.391. The fourth-order valence-electron chi connectivity index (χ4n) is 4.54. The summed E-state index contributed by atoms with van der Waals surface area (Å²) in [5.41, 5.74) is -0.925. The Morgan fingerprint density at radius 3 is 2.67 bits per heavy atom. The number of nitriles is 1. The summed E-state index contributed by atoms with van der Waals surface area (Å²) in [7, 11) is 1.41. The van der Waals surface area contributed by atoms with E-state index < -0.39 is 42.0 Å². The molecule has 2 atom stereocenters. The minimum atomic E-state index is -4.37. The second-order valence-electron chi connectivity index (χ2n) is 9.08. The van der Waals surface area contributed by atoms with Crippen molar-refractivity contribution in [2.45, 2.75) is 44.6 Å². The summed E-state index contributed by atoms with van der Waals surface area (Å²) >= 11 is 1.17. The van der Waals surface area contributed by atoms with Gasteiger partial charge in [-0.15, -0.1) is 11.3 Å². The Morgan fingerprint density at radius 2 is 2.00 bits per heavy atom. The first-order valence-corrected chi connectivity index (χ1v) is 12.8. The molecule has 1 saturated heterocycles. The topological polar surface area (TPSA) is 157 Å². The zero-order chi connectivity index (χ0) is 28.8. The quantitative estimate of drug-likeness (QED) is 0.364. The van der Waals surface area contributed by atoms with Crippen LogP contribution < -0.4 is 21.5 Å². The van der Waals surface area contributed by atoms with E-state index in [0.717, 1.165) is 14.0 Å². The highest BCUT2D eigenvalue weighted by atomic mass is 32.1. The highest BCUT2D eigenvalue weighted by molar-refractivity contribution is 7.13. The van der Waals surface area contributed by atoms with Gasteiger partial charge in [-0.3, -0.25) is 14.2 Å². The van der Waals surface area contributed by atoms with E-state index >= 15 is 0 Å². The maximum absolute atomic E-state index is 13.3. The number of fused-ring (bicyclic) bond motifs is 1. The number of imidazole rings is 1. The normalized spacial score (nSPS) is 16.3. The van der Waals surface area contributed by atoms with Gasteiger partial charge in [-0.05, 0) is 19.8 Å². The molecule has 1 aliphatic rings. The van der Waals surface area contributed by atoms with Gasteiger partial charge in [0, 0.05) is 36.9 Å². The maximum Gasteiger partial charge on any atom is 0.408 e. The molecular formula is C23H21F3N10O3S. The molecule has 1 unspecified atom stereocenters. The number of carbonyl (C=O) groups excluding carboxylic acids is 1. The van der Waals surface area contributed by atoms with Crippen molar-refractivity contribution >= 4 is 40.2 Å². The summed E-state index contributed by atoms with van der Waals surface area (Å²) in [4.78, 5) is 56.2. The molecule has 1 amide bonds. The van der Waals surface area contributed by atoms with Gasteiger partial charge in [-0.2, -0.15) is 18.4 Å². The minimum Gasteiger partial charge on any atom is -0.329 e. The minimum absolute atomic E-state index is 0.00837. The van der Waals surface area contributed by atoms with Crippen LogP contribution in [0, 0.1) is 11.3 Å². The predicted octanol–water partition coefficient (Wildman–Crippen LogP) is 2.06. The number of carbonyl (C=O) groups is 1. The first-order chi connectivity index (χ1) is 19.0. The number of alkyl halides is 3. The second kappa shape index (κ2) is 10.2. The van der Waals surface area contributed by atoms with Crippen LogP contribution in [-0.2, 0) is 18.4 Å². The van der Waals surface area contributed by atoms with E-state index in [1.807, 2.05) is 0 Å². The van der Waals surface area contributed by atoms with Crippen LogP contribution in [-0.4, -0.2) is 58.3 Å². The first-order valence-electron chi connectivity index (χ1n) is 12.0. The summed E-state index contributed by atoms with van der Waals surface area (Å²) in [6.45, 7) is 1.28. The van der Waals surface area contributed by atoms with Crippen LogP contribution in [0.15, 0.2) is 33.7 Å². The van der Waals surface area contributed by atoms with Crippen molar-refractivity contribution in [2.24, 2.45) is 7.05 Å². The zero-order valence-electron chi connectivity index (χ0n) is 21.1. The lowest BCUT2D eigenvalue weighted by molar-refractivity contribution is -0.146. The van der Waals surface area contributed by atoms with E-state index in [-0.39, 0.29) is 35.9 Å². The molecular weight excluding hydrogens is 553 g/mol. The van der Waals surface area contributed by atoms with Crippen molar-refractivity contribution in [2.75, 3.05) is 16.8 Å². The molecule has 40 heavy (non-hydrogen) atoms. The monoisotopic (exact) mass is 574 g/mol. The third-order valence-corrected chi connectivity index (χ3v) is 7.50. The number of nitrogens with zero attached hydrogens (tertiary/aromatic N) is 9. The van der Waals surface area contributed by atoms with E-state index in [1.165, 1.54) is 48.6 Å². The van der Waals surface area contributed by atoms with Gasteiger partial charge in [0.1, 0.15) is 29.5 Å². The average molecular weight is 575 g/mol. The van der Waals surface area contributed by atoms with Gasteiger partial charge < -0.3 is 14.8 Å². The number of anilines is 2. The lowest BCUT2D eigenvalue weighted by atomic mass is 10.2. The van der Waals surface area contributed by atoms with Crippen molar-refractivity contribution in [1.29, 1.82) is 5.26 Å². The van der Waals surface area contributed by atoms with E-state index in [4.69, 9.17) is 5.26 Å². The molecule has 208 valence electrons. The molecule has 0 saturated carbocycles. The van der Waals surface area contributed by atoms with E-state index in [1.54, 1.807) is 11.4 Å². The van der Waals surface area contributed by atoms with Crippen molar-refractivity contribution < 1.29 is 18.0 Å². The van der Waals surface area contributed by atoms with Crippen LogP contribution in [0.4, 0.5) is 24.9 Å². The Labute approximate surface area is 227 Å². The van der Waals surface area contributed by atoms with Crippen molar-refractivity contribution in [1.82, 2.24) is 33.6 Å². The number of hydrogen-bond donors (Lipinski definition) is 1. The van der Waals surface area contributed by atoms with Gasteiger partial charge >= 0.3 is 11.9 Å². The van der Waals surface area contributed by atoms with Crippen LogP contribution in [0.1, 0.15) is 25.8 Å². The molecule has 0 bridgehead atoms. The Balaban J connectivity index is 1.34. The molecule has 5 rings (SSSR count). The van der Waals surface area contributed by atoms with Gasteiger partial charge in [0.2, 0.25) is 11.9 Å². The van der Waals surface area contributed by atoms with Crippen LogP contribution in [0.5, 0.6) is 0 Å². The molecule has 1 aliphatic heterocycles. The highest BCUT2D eigenvalue weighted by Crippen LogP contribution is 2.35. The number of aryl methyl sites for hydroxylation is 1. The van der Waals surface area contributed by atoms with Crippen molar-refractivity contribution in [3.63, 3.8) is 0 Å². The van der Waals surface area contributed by atoms with E-state index in [0.29, 0.717) is 17.0 Å². The van der Waals surface area contributed by atoms with Crippen LogP contribution in [0.2, 0.25) is 0 Å².